The third-order valence-electron chi connectivity index (χ3n) is 5.45. The van der Waals surface area contributed by atoms with E-state index in [1.165, 1.54) is 26.6 Å². The molecule has 0 atom stereocenters. The molecule has 0 aromatic carbocycles. The van der Waals surface area contributed by atoms with Gasteiger partial charge in [0.2, 0.25) is 0 Å². The Kier molecular flexibility index (Phi) is 3.22. The number of ether oxygens (including phenoxy) is 1. The van der Waals surface area contributed by atoms with Crippen molar-refractivity contribution in [3.05, 3.63) is 0 Å². The zero-order valence-electron chi connectivity index (χ0n) is 12.2. The van der Waals surface area contributed by atoms with Gasteiger partial charge in [0.1, 0.15) is 0 Å². The van der Waals surface area contributed by atoms with Crippen molar-refractivity contribution < 1.29 is 9.53 Å². The summed E-state index contributed by atoms with van der Waals surface area (Å²) >= 11 is 0. The van der Waals surface area contributed by atoms with Crippen LogP contribution in [0.25, 0.3) is 0 Å². The fraction of sp³-hybridized carbons (Fsp3) is 0.929. The molecule has 0 radical (unpaired) electrons. The summed E-state index contributed by atoms with van der Waals surface area (Å²) in [7, 11) is 1.51. The van der Waals surface area contributed by atoms with Crippen LogP contribution in [0.3, 0.4) is 0 Å². The third-order valence-corrected chi connectivity index (χ3v) is 5.45. The lowest BCUT2D eigenvalue weighted by molar-refractivity contribution is -0.195. The minimum absolute atomic E-state index is 0.0259. The Morgan fingerprint density at radius 3 is 1.90 bits per heavy atom. The Labute approximate surface area is 120 Å². The predicted octanol–water partition coefficient (Wildman–Crippen LogP) is -0.920. The molecule has 20 heavy (non-hydrogen) atoms. The first-order chi connectivity index (χ1) is 9.78. The largest absolute Gasteiger partial charge is 0.469 e. The van der Waals surface area contributed by atoms with Gasteiger partial charge in [-0.1, -0.05) is 0 Å². The molecule has 4 saturated heterocycles. The maximum Gasteiger partial charge on any atom is 0.311 e. The van der Waals surface area contributed by atoms with Crippen molar-refractivity contribution in [1.82, 2.24) is 19.6 Å². The van der Waals surface area contributed by atoms with Gasteiger partial charge >= 0.3 is 5.97 Å². The molecular formula is C14H24N4O2. The molecular weight excluding hydrogens is 256 g/mol. The van der Waals surface area contributed by atoms with E-state index in [1.54, 1.807) is 0 Å². The molecule has 0 saturated carbocycles. The van der Waals surface area contributed by atoms with Gasteiger partial charge in [-0.25, -0.2) is 0 Å². The van der Waals surface area contributed by atoms with Crippen LogP contribution in [-0.4, -0.2) is 97.4 Å². The molecule has 0 amide bonds. The van der Waals surface area contributed by atoms with Crippen LogP contribution in [-0.2, 0) is 9.53 Å². The van der Waals surface area contributed by atoms with Crippen LogP contribution in [0.5, 0.6) is 0 Å². The normalized spacial score (nSPS) is 39.4. The van der Waals surface area contributed by atoms with Crippen LogP contribution in [0, 0.1) is 5.92 Å². The van der Waals surface area contributed by atoms with E-state index in [-0.39, 0.29) is 11.9 Å². The maximum atomic E-state index is 11.9. The number of nitrogens with zero attached hydrogens (tertiary/aromatic N) is 4. The standard InChI is InChI=1S/C14H24N4O2/c1-20-14(19)11-9-17-7-5-15-3-2-4-16-6-8-18(10-11)13(17)12(15)16/h11-13H,2-10H2,1H3. The van der Waals surface area contributed by atoms with Crippen molar-refractivity contribution in [1.29, 1.82) is 0 Å². The molecule has 6 heteroatoms. The highest BCUT2D eigenvalue weighted by molar-refractivity contribution is 5.73. The minimum atomic E-state index is -0.0445. The molecule has 0 spiro atoms. The molecule has 4 aliphatic rings. The van der Waals surface area contributed by atoms with Crippen molar-refractivity contribution in [3.8, 4) is 0 Å². The van der Waals surface area contributed by atoms with Crippen LogP contribution in [0.4, 0.5) is 0 Å². The van der Waals surface area contributed by atoms with Gasteiger partial charge in [0.25, 0.3) is 0 Å². The Balaban J connectivity index is 1.58. The first kappa shape index (κ1) is 13.0. The molecule has 0 aliphatic carbocycles. The average molecular weight is 280 g/mol. The molecule has 4 aliphatic heterocycles. The van der Waals surface area contributed by atoms with E-state index < -0.39 is 0 Å². The van der Waals surface area contributed by atoms with Crippen molar-refractivity contribution >= 4 is 5.97 Å². The zero-order valence-corrected chi connectivity index (χ0v) is 12.2. The van der Waals surface area contributed by atoms with E-state index in [9.17, 15) is 4.79 Å². The average Bonchev–Trinajstić information content (AvgIpc) is 2.51. The summed E-state index contributed by atoms with van der Waals surface area (Å²) < 4.78 is 4.97. The lowest BCUT2D eigenvalue weighted by atomic mass is 9.96. The Morgan fingerprint density at radius 2 is 1.35 bits per heavy atom. The van der Waals surface area contributed by atoms with Gasteiger partial charge in [0.05, 0.1) is 25.4 Å². The summed E-state index contributed by atoms with van der Waals surface area (Å²) in [6.45, 7) is 8.65. The van der Waals surface area contributed by atoms with Gasteiger partial charge in [-0.3, -0.25) is 24.4 Å². The summed E-state index contributed by atoms with van der Waals surface area (Å²) in [6.07, 6.45) is 2.33. The number of esters is 1. The highest BCUT2D eigenvalue weighted by Crippen LogP contribution is 2.33. The summed E-state index contributed by atoms with van der Waals surface area (Å²) in [5.41, 5.74) is 0. The third kappa shape index (κ3) is 1.89. The number of piperazine rings is 2. The highest BCUT2D eigenvalue weighted by atomic mass is 16.5. The van der Waals surface area contributed by atoms with Crippen LogP contribution >= 0.6 is 0 Å². The fourth-order valence-electron chi connectivity index (χ4n) is 4.56. The van der Waals surface area contributed by atoms with E-state index in [4.69, 9.17) is 4.74 Å². The number of carbonyl (C=O) groups is 1. The highest BCUT2D eigenvalue weighted by Gasteiger charge is 2.50. The molecule has 6 nitrogen and oxygen atoms in total. The summed E-state index contributed by atoms with van der Waals surface area (Å²) in [4.78, 5) is 22.2. The second-order valence-corrected chi connectivity index (χ2v) is 6.46. The van der Waals surface area contributed by atoms with Crippen molar-refractivity contribution in [3.63, 3.8) is 0 Å². The molecule has 0 unspecified atom stereocenters. The van der Waals surface area contributed by atoms with Gasteiger partial charge in [-0.2, -0.15) is 0 Å². The van der Waals surface area contributed by atoms with E-state index in [0.29, 0.717) is 12.3 Å². The molecule has 0 aromatic heterocycles. The number of hydrogen-bond donors (Lipinski definition) is 0. The number of carbonyl (C=O) groups excluding carboxylic acids is 1. The van der Waals surface area contributed by atoms with E-state index in [1.807, 2.05) is 0 Å². The Hall–Kier alpha value is -0.690. The first-order valence-corrected chi connectivity index (χ1v) is 7.82. The number of methoxy groups -OCH3 is 1. The second-order valence-electron chi connectivity index (χ2n) is 6.46. The van der Waals surface area contributed by atoms with Gasteiger partial charge in [0, 0.05) is 52.4 Å². The molecule has 0 N–H and O–H groups in total. The number of hydrogen-bond acceptors (Lipinski definition) is 6. The topological polar surface area (TPSA) is 39.3 Å². The van der Waals surface area contributed by atoms with Crippen LogP contribution in [0.2, 0.25) is 0 Å². The van der Waals surface area contributed by atoms with E-state index in [0.717, 1.165) is 39.3 Å². The molecule has 112 valence electrons. The Morgan fingerprint density at radius 1 is 0.850 bits per heavy atom. The van der Waals surface area contributed by atoms with Crippen molar-refractivity contribution in [2.45, 2.75) is 18.8 Å². The lowest BCUT2D eigenvalue weighted by Gasteiger charge is -2.62. The first-order valence-electron chi connectivity index (χ1n) is 7.82. The van der Waals surface area contributed by atoms with E-state index >= 15 is 0 Å². The van der Waals surface area contributed by atoms with Crippen LogP contribution in [0.15, 0.2) is 0 Å². The lowest BCUT2D eigenvalue weighted by Crippen LogP contribution is -2.78. The Bertz CT molecular complexity index is 379. The van der Waals surface area contributed by atoms with Crippen molar-refractivity contribution in [2.75, 3.05) is 59.5 Å². The van der Waals surface area contributed by atoms with Crippen molar-refractivity contribution in [2.24, 2.45) is 5.92 Å². The van der Waals surface area contributed by atoms with E-state index in [2.05, 4.69) is 19.6 Å². The molecule has 0 bridgehead atoms. The predicted molar refractivity (Wildman–Crippen MR) is 74.0 cm³/mol. The molecule has 4 fully saturated rings. The fourth-order valence-corrected chi connectivity index (χ4v) is 4.56. The van der Waals surface area contributed by atoms with Gasteiger partial charge in [-0.15, -0.1) is 0 Å². The van der Waals surface area contributed by atoms with Gasteiger partial charge in [0.15, 0.2) is 0 Å². The van der Waals surface area contributed by atoms with Gasteiger partial charge < -0.3 is 4.74 Å². The quantitative estimate of drug-likeness (QED) is 0.579. The van der Waals surface area contributed by atoms with Crippen LogP contribution in [0.1, 0.15) is 6.42 Å². The SMILES string of the molecule is COC(=O)C1CN2CCN3CCCN4CCN(C1)C2C34. The zero-order chi connectivity index (χ0) is 13.7. The van der Waals surface area contributed by atoms with Gasteiger partial charge in [-0.05, 0) is 6.42 Å². The summed E-state index contributed by atoms with van der Waals surface area (Å²) in [5, 5.41) is 0. The number of rotatable bonds is 1. The molecule has 4 rings (SSSR count). The second kappa shape index (κ2) is 4.94. The molecule has 4 heterocycles. The summed E-state index contributed by atoms with van der Waals surface area (Å²) in [6, 6.07) is 0. The molecule has 0 aromatic rings. The minimum Gasteiger partial charge on any atom is -0.469 e. The monoisotopic (exact) mass is 280 g/mol. The maximum absolute atomic E-state index is 11.9. The van der Waals surface area contributed by atoms with Crippen LogP contribution < -0.4 is 0 Å². The smallest absolute Gasteiger partial charge is 0.311 e. The summed E-state index contributed by atoms with van der Waals surface area (Å²) in [5.74, 6) is -0.0186.